The van der Waals surface area contributed by atoms with Crippen LogP contribution < -0.4 is 5.73 Å². The number of primary amides is 1. The molecule has 3 rings (SSSR count). The zero-order chi connectivity index (χ0) is 19.2. The second-order valence-corrected chi connectivity index (χ2v) is 7.96. The second kappa shape index (κ2) is 9.15. The van der Waals surface area contributed by atoms with Crippen molar-refractivity contribution in [3.63, 3.8) is 0 Å². The van der Waals surface area contributed by atoms with E-state index in [1.54, 1.807) is 4.90 Å². The topological polar surface area (TPSA) is 66.6 Å². The standard InChI is InChI=1S/C21H27N3O2S/c1-2-18-17-10-13-27-19(17)8-11-23(18)15-21(26)24(12-9-20(22)25)14-16-6-4-3-5-7-16/h3-7,10,13,18H,2,8-9,11-12,14-15H2,1H3,(H2,22,25). The number of thiophene rings is 1. The number of fused-ring (bicyclic) bond motifs is 1. The Hall–Kier alpha value is -2.18. The third-order valence-corrected chi connectivity index (χ3v) is 6.12. The van der Waals surface area contributed by atoms with Gasteiger partial charge in [-0.05, 0) is 35.4 Å². The molecule has 1 atom stereocenters. The lowest BCUT2D eigenvalue weighted by molar-refractivity contribution is -0.134. The smallest absolute Gasteiger partial charge is 0.237 e. The molecule has 1 aromatic heterocycles. The first-order valence-electron chi connectivity index (χ1n) is 9.48. The fraction of sp³-hybridized carbons (Fsp3) is 0.429. The normalized spacial score (nSPS) is 16.7. The average Bonchev–Trinajstić information content (AvgIpc) is 3.14. The molecule has 2 aromatic rings. The molecule has 0 aliphatic carbocycles. The highest BCUT2D eigenvalue weighted by Crippen LogP contribution is 2.35. The van der Waals surface area contributed by atoms with Crippen molar-refractivity contribution in [1.82, 2.24) is 9.80 Å². The number of nitrogens with two attached hydrogens (primary N) is 1. The quantitative estimate of drug-likeness (QED) is 0.760. The maximum absolute atomic E-state index is 13.1. The summed E-state index contributed by atoms with van der Waals surface area (Å²) < 4.78 is 0. The SMILES string of the molecule is CCC1c2ccsc2CCN1CC(=O)N(CCC(N)=O)Cc1ccccc1. The number of hydrogen-bond donors (Lipinski definition) is 1. The van der Waals surface area contributed by atoms with Crippen molar-refractivity contribution in [2.45, 2.75) is 38.8 Å². The number of nitrogens with zero attached hydrogens (tertiary/aromatic N) is 2. The van der Waals surface area contributed by atoms with Crippen molar-refractivity contribution < 1.29 is 9.59 Å². The summed E-state index contributed by atoms with van der Waals surface area (Å²) in [6.07, 6.45) is 2.16. The van der Waals surface area contributed by atoms with Gasteiger partial charge in [-0.2, -0.15) is 0 Å². The van der Waals surface area contributed by atoms with Crippen LogP contribution in [0.15, 0.2) is 41.8 Å². The Morgan fingerprint density at radius 1 is 1.26 bits per heavy atom. The van der Waals surface area contributed by atoms with Gasteiger partial charge in [0.15, 0.2) is 0 Å². The van der Waals surface area contributed by atoms with Crippen molar-refractivity contribution in [2.24, 2.45) is 5.73 Å². The van der Waals surface area contributed by atoms with Gasteiger partial charge in [0.05, 0.1) is 6.54 Å². The first-order valence-corrected chi connectivity index (χ1v) is 10.4. The molecule has 0 spiro atoms. The Balaban J connectivity index is 1.70. The van der Waals surface area contributed by atoms with E-state index in [1.807, 2.05) is 41.7 Å². The molecule has 6 heteroatoms. The molecule has 0 saturated heterocycles. The van der Waals surface area contributed by atoms with E-state index in [9.17, 15) is 9.59 Å². The number of carbonyl (C=O) groups excluding carboxylic acids is 2. The lowest BCUT2D eigenvalue weighted by Gasteiger charge is -2.36. The van der Waals surface area contributed by atoms with Gasteiger partial charge in [-0.15, -0.1) is 11.3 Å². The predicted octanol–water partition coefficient (Wildman–Crippen LogP) is 2.96. The third-order valence-electron chi connectivity index (χ3n) is 5.13. The fourth-order valence-corrected chi connectivity index (χ4v) is 4.66. The molecule has 0 fully saturated rings. The first kappa shape index (κ1) is 19.6. The average molecular weight is 386 g/mol. The Labute approximate surface area is 164 Å². The molecular weight excluding hydrogens is 358 g/mol. The van der Waals surface area contributed by atoms with Crippen molar-refractivity contribution in [3.05, 3.63) is 57.8 Å². The van der Waals surface area contributed by atoms with E-state index in [-0.39, 0.29) is 18.2 Å². The van der Waals surface area contributed by atoms with Crippen LogP contribution in [0.3, 0.4) is 0 Å². The monoisotopic (exact) mass is 385 g/mol. The largest absolute Gasteiger partial charge is 0.370 e. The maximum atomic E-state index is 13.1. The number of carbonyl (C=O) groups is 2. The molecule has 1 aromatic carbocycles. The zero-order valence-electron chi connectivity index (χ0n) is 15.8. The highest BCUT2D eigenvalue weighted by atomic mass is 32.1. The van der Waals surface area contributed by atoms with Gasteiger partial charge in [0.25, 0.3) is 0 Å². The van der Waals surface area contributed by atoms with Crippen LogP contribution in [0.25, 0.3) is 0 Å². The van der Waals surface area contributed by atoms with E-state index in [0.717, 1.165) is 24.9 Å². The minimum absolute atomic E-state index is 0.0530. The third kappa shape index (κ3) is 4.96. The molecule has 0 radical (unpaired) electrons. The van der Waals surface area contributed by atoms with Gasteiger partial charge in [0.1, 0.15) is 0 Å². The summed E-state index contributed by atoms with van der Waals surface area (Å²) in [7, 11) is 0. The molecule has 2 amide bonds. The van der Waals surface area contributed by atoms with E-state index < -0.39 is 0 Å². The molecule has 0 bridgehead atoms. The van der Waals surface area contributed by atoms with Crippen LogP contribution in [0, 0.1) is 0 Å². The molecular formula is C21H27N3O2S. The number of amides is 2. The fourth-order valence-electron chi connectivity index (χ4n) is 3.73. The Kier molecular flexibility index (Phi) is 6.63. The van der Waals surface area contributed by atoms with Gasteiger partial charge in [0.2, 0.25) is 11.8 Å². The highest BCUT2D eigenvalue weighted by Gasteiger charge is 2.29. The van der Waals surface area contributed by atoms with Gasteiger partial charge in [-0.3, -0.25) is 14.5 Å². The molecule has 0 saturated carbocycles. The van der Waals surface area contributed by atoms with Crippen LogP contribution in [-0.2, 0) is 22.6 Å². The summed E-state index contributed by atoms with van der Waals surface area (Å²) in [5.41, 5.74) is 7.74. The van der Waals surface area contributed by atoms with Crippen molar-refractivity contribution in [1.29, 1.82) is 0 Å². The number of hydrogen-bond acceptors (Lipinski definition) is 4. The minimum Gasteiger partial charge on any atom is -0.370 e. The highest BCUT2D eigenvalue weighted by molar-refractivity contribution is 7.10. The summed E-state index contributed by atoms with van der Waals surface area (Å²) in [6, 6.07) is 12.4. The number of rotatable bonds is 8. The van der Waals surface area contributed by atoms with Crippen LogP contribution in [0.2, 0.25) is 0 Å². The van der Waals surface area contributed by atoms with E-state index in [2.05, 4.69) is 23.3 Å². The van der Waals surface area contributed by atoms with Crippen molar-refractivity contribution in [3.8, 4) is 0 Å². The molecule has 27 heavy (non-hydrogen) atoms. The molecule has 2 N–H and O–H groups in total. The van der Waals surface area contributed by atoms with Crippen LogP contribution in [0.4, 0.5) is 0 Å². The summed E-state index contributed by atoms with van der Waals surface area (Å²) in [5.74, 6) is -0.328. The Morgan fingerprint density at radius 3 is 2.74 bits per heavy atom. The van der Waals surface area contributed by atoms with Gasteiger partial charge >= 0.3 is 0 Å². The van der Waals surface area contributed by atoms with Gasteiger partial charge in [-0.25, -0.2) is 0 Å². The summed E-state index contributed by atoms with van der Waals surface area (Å²) >= 11 is 1.81. The van der Waals surface area contributed by atoms with Crippen LogP contribution in [-0.4, -0.2) is 41.2 Å². The predicted molar refractivity (Wildman–Crippen MR) is 108 cm³/mol. The molecule has 1 aliphatic rings. The first-order chi connectivity index (χ1) is 13.1. The summed E-state index contributed by atoms with van der Waals surface area (Å²) in [6.45, 7) is 4.30. The van der Waals surface area contributed by atoms with E-state index in [0.29, 0.717) is 25.7 Å². The van der Waals surface area contributed by atoms with Gasteiger partial charge < -0.3 is 10.6 Å². The van der Waals surface area contributed by atoms with Crippen molar-refractivity contribution in [2.75, 3.05) is 19.6 Å². The minimum atomic E-state index is -0.381. The van der Waals surface area contributed by atoms with Gasteiger partial charge in [-0.1, -0.05) is 37.3 Å². The molecule has 1 aliphatic heterocycles. The summed E-state index contributed by atoms with van der Waals surface area (Å²) in [4.78, 5) is 29.8. The molecule has 1 unspecified atom stereocenters. The van der Waals surface area contributed by atoms with Crippen LogP contribution in [0.5, 0.6) is 0 Å². The Morgan fingerprint density at radius 2 is 2.04 bits per heavy atom. The van der Waals surface area contributed by atoms with E-state index in [4.69, 9.17) is 5.73 Å². The zero-order valence-corrected chi connectivity index (χ0v) is 16.6. The molecule has 144 valence electrons. The van der Waals surface area contributed by atoms with Crippen LogP contribution in [0.1, 0.15) is 41.8 Å². The van der Waals surface area contributed by atoms with Gasteiger partial charge in [0, 0.05) is 37.0 Å². The van der Waals surface area contributed by atoms with E-state index >= 15 is 0 Å². The van der Waals surface area contributed by atoms with Crippen LogP contribution >= 0.6 is 11.3 Å². The van der Waals surface area contributed by atoms with Crippen molar-refractivity contribution >= 4 is 23.2 Å². The Bertz CT molecular complexity index is 775. The second-order valence-electron chi connectivity index (χ2n) is 6.96. The van der Waals surface area contributed by atoms with E-state index in [1.165, 1.54) is 10.4 Å². The lowest BCUT2D eigenvalue weighted by Crippen LogP contribution is -2.44. The molecule has 5 nitrogen and oxygen atoms in total. The lowest BCUT2D eigenvalue weighted by atomic mass is 9.98. The number of benzene rings is 1. The summed E-state index contributed by atoms with van der Waals surface area (Å²) in [5, 5.41) is 2.15. The maximum Gasteiger partial charge on any atom is 0.237 e. The molecule has 2 heterocycles.